The molecular weight excluding hydrogens is 320 g/mol. The lowest BCUT2D eigenvalue weighted by Crippen LogP contribution is -2.38. The van der Waals surface area contributed by atoms with Crippen molar-refractivity contribution in [2.45, 2.75) is 23.2 Å². The topological polar surface area (TPSA) is 62.5 Å². The molecule has 2 aromatic heterocycles. The second kappa shape index (κ2) is 6.59. The Bertz CT molecular complexity index is 596. The average molecular weight is 333 g/mol. The predicted octanol–water partition coefficient (Wildman–Crippen LogP) is 3.29. The SMILES string of the molecule is CC(O)(CNC(=O)c1sccc1SC(F)F)c1ccco1. The Morgan fingerprint density at radius 2 is 2.33 bits per heavy atom. The van der Waals surface area contributed by atoms with Gasteiger partial charge in [-0.2, -0.15) is 8.78 Å². The van der Waals surface area contributed by atoms with Gasteiger partial charge < -0.3 is 14.8 Å². The van der Waals surface area contributed by atoms with Crippen LogP contribution in [-0.2, 0) is 5.60 Å². The molecule has 0 bridgehead atoms. The fourth-order valence-corrected chi connectivity index (χ4v) is 3.27. The molecule has 0 aliphatic rings. The van der Waals surface area contributed by atoms with Crippen molar-refractivity contribution < 1.29 is 23.1 Å². The van der Waals surface area contributed by atoms with Crippen LogP contribution < -0.4 is 5.32 Å². The average Bonchev–Trinajstić information content (AvgIpc) is 3.06. The summed E-state index contributed by atoms with van der Waals surface area (Å²) < 4.78 is 29.9. The van der Waals surface area contributed by atoms with Gasteiger partial charge in [-0.15, -0.1) is 11.3 Å². The van der Waals surface area contributed by atoms with Crippen LogP contribution in [0.4, 0.5) is 8.78 Å². The molecule has 1 amide bonds. The Morgan fingerprint density at radius 3 is 2.95 bits per heavy atom. The molecule has 0 saturated heterocycles. The van der Waals surface area contributed by atoms with Gasteiger partial charge in [0.15, 0.2) is 0 Å². The second-order valence-corrected chi connectivity index (χ2v) is 6.37. The summed E-state index contributed by atoms with van der Waals surface area (Å²) in [5.74, 6) is -2.77. The number of aliphatic hydroxyl groups is 1. The molecule has 114 valence electrons. The standard InChI is InChI=1S/C13H13F2NO3S2/c1-13(18,9-3-2-5-19-9)7-16-11(17)10-8(4-6-20-10)21-12(14)15/h2-6,12,18H,7H2,1H3,(H,16,17). The summed E-state index contributed by atoms with van der Waals surface area (Å²) in [6, 6.07) is 4.69. The van der Waals surface area contributed by atoms with Crippen molar-refractivity contribution in [2.24, 2.45) is 0 Å². The third-order valence-corrected chi connectivity index (χ3v) is 4.51. The van der Waals surface area contributed by atoms with Crippen molar-refractivity contribution in [3.05, 3.63) is 40.5 Å². The Kier molecular flexibility index (Phi) is 5.02. The van der Waals surface area contributed by atoms with Gasteiger partial charge in [-0.05, 0) is 30.5 Å². The molecule has 21 heavy (non-hydrogen) atoms. The van der Waals surface area contributed by atoms with Gasteiger partial charge >= 0.3 is 0 Å². The summed E-state index contributed by atoms with van der Waals surface area (Å²) in [7, 11) is 0. The van der Waals surface area contributed by atoms with E-state index in [-0.39, 0.29) is 16.3 Å². The van der Waals surface area contributed by atoms with Crippen LogP contribution in [0, 0.1) is 0 Å². The number of thiophene rings is 1. The Balaban J connectivity index is 2.01. The number of furan rings is 1. The first-order valence-corrected chi connectivity index (χ1v) is 7.73. The summed E-state index contributed by atoms with van der Waals surface area (Å²) in [4.78, 5) is 12.5. The molecular formula is C13H13F2NO3S2. The number of alkyl halides is 2. The Hall–Kier alpha value is -1.38. The number of carbonyl (C=O) groups is 1. The summed E-state index contributed by atoms with van der Waals surface area (Å²) >= 11 is 1.40. The van der Waals surface area contributed by atoms with E-state index in [2.05, 4.69) is 5.32 Å². The highest BCUT2D eigenvalue weighted by atomic mass is 32.2. The zero-order chi connectivity index (χ0) is 15.5. The van der Waals surface area contributed by atoms with E-state index >= 15 is 0 Å². The van der Waals surface area contributed by atoms with Gasteiger partial charge in [0.05, 0.1) is 12.8 Å². The van der Waals surface area contributed by atoms with Gasteiger partial charge in [0, 0.05) is 4.90 Å². The molecule has 1 atom stereocenters. The lowest BCUT2D eigenvalue weighted by Gasteiger charge is -2.21. The lowest BCUT2D eigenvalue weighted by atomic mass is 10.0. The van der Waals surface area contributed by atoms with Crippen molar-refractivity contribution >= 4 is 29.0 Å². The van der Waals surface area contributed by atoms with Crippen molar-refractivity contribution in [1.82, 2.24) is 5.32 Å². The van der Waals surface area contributed by atoms with E-state index in [0.29, 0.717) is 17.5 Å². The van der Waals surface area contributed by atoms with Gasteiger partial charge in [-0.3, -0.25) is 4.79 Å². The van der Waals surface area contributed by atoms with E-state index in [9.17, 15) is 18.7 Å². The van der Waals surface area contributed by atoms with E-state index in [1.54, 1.807) is 17.5 Å². The molecule has 0 aliphatic heterocycles. The Morgan fingerprint density at radius 1 is 1.57 bits per heavy atom. The maximum absolute atomic E-state index is 12.4. The molecule has 4 nitrogen and oxygen atoms in total. The number of thioether (sulfide) groups is 1. The van der Waals surface area contributed by atoms with E-state index < -0.39 is 17.3 Å². The van der Waals surface area contributed by atoms with Gasteiger partial charge in [0.2, 0.25) is 0 Å². The summed E-state index contributed by atoms with van der Waals surface area (Å²) in [5.41, 5.74) is -1.37. The first-order valence-electron chi connectivity index (χ1n) is 5.97. The zero-order valence-electron chi connectivity index (χ0n) is 11.0. The molecule has 1 unspecified atom stereocenters. The lowest BCUT2D eigenvalue weighted by molar-refractivity contribution is 0.0330. The third kappa shape index (κ3) is 4.05. The quantitative estimate of drug-likeness (QED) is 0.796. The number of nitrogens with one attached hydrogen (secondary N) is 1. The highest BCUT2D eigenvalue weighted by Gasteiger charge is 2.27. The van der Waals surface area contributed by atoms with Crippen LogP contribution in [0.2, 0.25) is 0 Å². The molecule has 2 aromatic rings. The van der Waals surface area contributed by atoms with Gasteiger partial charge in [0.1, 0.15) is 16.2 Å². The molecule has 0 spiro atoms. The smallest absolute Gasteiger partial charge is 0.288 e. The van der Waals surface area contributed by atoms with Gasteiger partial charge in [-0.25, -0.2) is 0 Å². The van der Waals surface area contributed by atoms with Crippen LogP contribution in [0.5, 0.6) is 0 Å². The van der Waals surface area contributed by atoms with E-state index in [1.807, 2.05) is 0 Å². The predicted molar refractivity (Wildman–Crippen MR) is 76.8 cm³/mol. The number of amides is 1. The zero-order valence-corrected chi connectivity index (χ0v) is 12.6. The molecule has 8 heteroatoms. The van der Waals surface area contributed by atoms with Crippen molar-refractivity contribution in [2.75, 3.05) is 6.54 Å². The van der Waals surface area contributed by atoms with Crippen LogP contribution >= 0.6 is 23.1 Å². The van der Waals surface area contributed by atoms with Crippen molar-refractivity contribution in [1.29, 1.82) is 0 Å². The fourth-order valence-electron chi connectivity index (χ4n) is 1.66. The molecule has 0 aliphatic carbocycles. The van der Waals surface area contributed by atoms with Crippen LogP contribution in [0.1, 0.15) is 22.4 Å². The summed E-state index contributed by atoms with van der Waals surface area (Å²) in [6.07, 6.45) is 1.42. The summed E-state index contributed by atoms with van der Waals surface area (Å²) in [5, 5.41) is 14.3. The number of hydrogen-bond acceptors (Lipinski definition) is 5. The van der Waals surface area contributed by atoms with Crippen LogP contribution in [0.15, 0.2) is 39.2 Å². The largest absolute Gasteiger partial charge is 0.466 e. The first kappa shape index (κ1) is 16.0. The van der Waals surface area contributed by atoms with Crippen molar-refractivity contribution in [3.63, 3.8) is 0 Å². The van der Waals surface area contributed by atoms with Crippen molar-refractivity contribution in [3.8, 4) is 0 Å². The van der Waals surface area contributed by atoms with Gasteiger partial charge in [-0.1, -0.05) is 11.8 Å². The molecule has 0 saturated carbocycles. The maximum atomic E-state index is 12.4. The normalized spacial score (nSPS) is 14.1. The number of carbonyl (C=O) groups excluding carboxylic acids is 1. The first-order chi connectivity index (χ1) is 9.90. The Labute approximate surface area is 128 Å². The number of hydrogen-bond donors (Lipinski definition) is 2. The molecule has 2 heterocycles. The second-order valence-electron chi connectivity index (χ2n) is 4.43. The molecule has 0 fully saturated rings. The molecule has 0 radical (unpaired) electrons. The molecule has 0 aromatic carbocycles. The molecule has 2 rings (SSSR count). The minimum Gasteiger partial charge on any atom is -0.466 e. The van der Waals surface area contributed by atoms with E-state index in [1.165, 1.54) is 19.3 Å². The van der Waals surface area contributed by atoms with Crippen LogP contribution in [-0.4, -0.2) is 23.3 Å². The number of rotatable bonds is 6. The third-order valence-electron chi connectivity index (χ3n) is 2.70. The van der Waals surface area contributed by atoms with Crippen LogP contribution in [0.25, 0.3) is 0 Å². The van der Waals surface area contributed by atoms with E-state index in [0.717, 1.165) is 11.3 Å². The van der Waals surface area contributed by atoms with Gasteiger partial charge in [0.25, 0.3) is 11.7 Å². The highest BCUT2D eigenvalue weighted by molar-refractivity contribution is 7.99. The minimum absolute atomic E-state index is 0.0873. The summed E-state index contributed by atoms with van der Waals surface area (Å²) in [6.45, 7) is 1.41. The van der Waals surface area contributed by atoms with Crippen LogP contribution in [0.3, 0.4) is 0 Å². The minimum atomic E-state index is -2.59. The number of halogens is 2. The van der Waals surface area contributed by atoms with E-state index in [4.69, 9.17) is 4.42 Å². The maximum Gasteiger partial charge on any atom is 0.288 e. The monoisotopic (exact) mass is 333 g/mol. The fraction of sp³-hybridized carbons (Fsp3) is 0.308. The highest BCUT2D eigenvalue weighted by Crippen LogP contribution is 2.32. The molecule has 2 N–H and O–H groups in total.